The third-order valence-corrected chi connectivity index (χ3v) is 7.59. The summed E-state index contributed by atoms with van der Waals surface area (Å²) in [6, 6.07) is 21.2. The van der Waals surface area contributed by atoms with Gasteiger partial charge in [0.2, 0.25) is 5.95 Å². The summed E-state index contributed by atoms with van der Waals surface area (Å²) in [5.74, 6) is 1.24. The molecule has 0 amide bonds. The van der Waals surface area contributed by atoms with E-state index in [4.69, 9.17) is 28.8 Å². The Morgan fingerprint density at radius 2 is 1.71 bits per heavy atom. The van der Waals surface area contributed by atoms with Gasteiger partial charge in [0.1, 0.15) is 11.0 Å². The summed E-state index contributed by atoms with van der Waals surface area (Å²) in [5.41, 5.74) is 4.22. The Bertz CT molecular complexity index is 1150. The molecule has 176 valence electrons. The number of nitrogens with zero attached hydrogens (tertiary/aromatic N) is 3. The molecule has 2 heterocycles. The topological polar surface area (TPSA) is 53.1 Å². The maximum Gasteiger partial charge on any atom is 0.232 e. The van der Waals surface area contributed by atoms with Crippen molar-refractivity contribution in [2.45, 2.75) is 50.5 Å². The maximum absolute atomic E-state index is 6.37. The van der Waals surface area contributed by atoms with Crippen molar-refractivity contribution in [2.75, 3.05) is 23.3 Å². The Hall–Kier alpha value is -2.70. The normalized spacial score (nSPS) is 17.0. The molecule has 2 aromatic carbocycles. The van der Waals surface area contributed by atoms with Crippen LogP contribution in [0.25, 0.3) is 0 Å². The van der Waals surface area contributed by atoms with Gasteiger partial charge in [-0.25, -0.2) is 4.98 Å². The number of nitrogens with one attached hydrogen (secondary N) is 2. The molecule has 1 fully saturated rings. The predicted octanol–water partition coefficient (Wildman–Crippen LogP) is 5.88. The van der Waals surface area contributed by atoms with Crippen molar-refractivity contribution in [3.63, 3.8) is 0 Å². The minimum atomic E-state index is 0.104. The molecule has 0 saturated heterocycles. The van der Waals surface area contributed by atoms with Crippen LogP contribution in [-0.2, 0) is 18.4 Å². The van der Waals surface area contributed by atoms with Crippen LogP contribution in [0.3, 0.4) is 0 Å². The lowest BCUT2D eigenvalue weighted by atomic mass is 9.69. The number of benzene rings is 2. The lowest BCUT2D eigenvalue weighted by Crippen LogP contribution is -2.43. The standard InChI is InChI=1S/C27H30ClN5S/c28-23-17-24(33-16-13-20-9-5-6-10-21(20)18-33)31-25(30-23)32-26(34)29-19-27(14-7-2-8-15-27)22-11-3-1-4-12-22/h1,3-6,9-12,17H,2,7-8,13-16,18-19H2,(H2,29,30,31,32,34). The molecule has 1 saturated carbocycles. The molecule has 0 bridgehead atoms. The molecule has 3 aromatic rings. The molecule has 1 aromatic heterocycles. The number of aromatic nitrogens is 2. The summed E-state index contributed by atoms with van der Waals surface area (Å²) >= 11 is 12.0. The highest BCUT2D eigenvalue weighted by molar-refractivity contribution is 7.80. The fraction of sp³-hybridized carbons (Fsp3) is 0.370. The Morgan fingerprint density at radius 1 is 0.971 bits per heavy atom. The summed E-state index contributed by atoms with van der Waals surface area (Å²) in [7, 11) is 0. The molecule has 1 aliphatic heterocycles. The van der Waals surface area contributed by atoms with E-state index in [1.807, 2.05) is 6.07 Å². The molecule has 0 atom stereocenters. The Labute approximate surface area is 212 Å². The molecule has 0 spiro atoms. The van der Waals surface area contributed by atoms with Gasteiger partial charge in [0, 0.05) is 31.1 Å². The highest BCUT2D eigenvalue weighted by Gasteiger charge is 2.33. The van der Waals surface area contributed by atoms with E-state index in [0.717, 1.165) is 31.9 Å². The van der Waals surface area contributed by atoms with E-state index in [0.29, 0.717) is 16.2 Å². The van der Waals surface area contributed by atoms with E-state index in [2.05, 4.69) is 75.1 Å². The number of hydrogen-bond donors (Lipinski definition) is 2. The molecule has 0 radical (unpaired) electrons. The van der Waals surface area contributed by atoms with Crippen molar-refractivity contribution >= 4 is 40.7 Å². The van der Waals surface area contributed by atoms with Crippen molar-refractivity contribution < 1.29 is 0 Å². The Morgan fingerprint density at radius 3 is 2.50 bits per heavy atom. The second-order valence-electron chi connectivity index (χ2n) is 9.33. The van der Waals surface area contributed by atoms with Gasteiger partial charge in [0.05, 0.1) is 0 Å². The third-order valence-electron chi connectivity index (χ3n) is 7.15. The smallest absolute Gasteiger partial charge is 0.232 e. The number of fused-ring (bicyclic) bond motifs is 1. The lowest BCUT2D eigenvalue weighted by molar-refractivity contribution is 0.292. The van der Waals surface area contributed by atoms with Crippen LogP contribution >= 0.6 is 23.8 Å². The number of thiocarbonyl (C=S) groups is 1. The fourth-order valence-corrected chi connectivity index (χ4v) is 5.64. The van der Waals surface area contributed by atoms with Crippen LogP contribution in [0.4, 0.5) is 11.8 Å². The van der Waals surface area contributed by atoms with E-state index in [1.165, 1.54) is 48.8 Å². The van der Waals surface area contributed by atoms with Crippen LogP contribution in [0, 0.1) is 0 Å². The molecule has 0 unspecified atom stereocenters. The molecule has 7 heteroatoms. The summed E-state index contributed by atoms with van der Waals surface area (Å²) in [6.45, 7) is 2.50. The van der Waals surface area contributed by atoms with Crippen LogP contribution in [-0.4, -0.2) is 28.2 Å². The maximum atomic E-state index is 6.37. The van der Waals surface area contributed by atoms with Crippen LogP contribution in [0.1, 0.15) is 48.8 Å². The zero-order valence-corrected chi connectivity index (χ0v) is 20.8. The first-order valence-electron chi connectivity index (χ1n) is 12.1. The quantitative estimate of drug-likeness (QED) is 0.343. The van der Waals surface area contributed by atoms with Crippen LogP contribution in [0.15, 0.2) is 60.7 Å². The number of hydrogen-bond acceptors (Lipinski definition) is 4. The van der Waals surface area contributed by atoms with Gasteiger partial charge in [0.25, 0.3) is 0 Å². The first-order valence-corrected chi connectivity index (χ1v) is 12.9. The van der Waals surface area contributed by atoms with Gasteiger partial charge >= 0.3 is 0 Å². The second-order valence-corrected chi connectivity index (χ2v) is 10.1. The van der Waals surface area contributed by atoms with Gasteiger partial charge < -0.3 is 15.5 Å². The van der Waals surface area contributed by atoms with Crippen molar-refractivity contribution in [1.82, 2.24) is 15.3 Å². The zero-order valence-electron chi connectivity index (χ0n) is 19.3. The third kappa shape index (κ3) is 5.18. The number of rotatable bonds is 5. The SMILES string of the molecule is S=C(NCC1(c2ccccc2)CCCCC1)Nc1nc(Cl)cc(N2CCc3ccccc3C2)n1. The molecular weight excluding hydrogens is 462 g/mol. The van der Waals surface area contributed by atoms with Crippen LogP contribution in [0.5, 0.6) is 0 Å². The van der Waals surface area contributed by atoms with Crippen LogP contribution in [0.2, 0.25) is 5.15 Å². The molecule has 2 aliphatic rings. The average Bonchev–Trinajstić information content (AvgIpc) is 2.88. The van der Waals surface area contributed by atoms with E-state index in [1.54, 1.807) is 0 Å². The Balaban J connectivity index is 1.26. The van der Waals surface area contributed by atoms with Gasteiger partial charge in [-0.1, -0.05) is 85.5 Å². The lowest BCUT2D eigenvalue weighted by Gasteiger charge is -2.38. The van der Waals surface area contributed by atoms with Gasteiger partial charge in [-0.05, 0) is 48.2 Å². The van der Waals surface area contributed by atoms with E-state index in [-0.39, 0.29) is 5.41 Å². The predicted molar refractivity (Wildman–Crippen MR) is 144 cm³/mol. The minimum Gasteiger partial charge on any atom is -0.361 e. The second kappa shape index (κ2) is 10.3. The highest BCUT2D eigenvalue weighted by atomic mass is 35.5. The first kappa shape index (κ1) is 23.1. The fourth-order valence-electron chi connectivity index (χ4n) is 5.30. The van der Waals surface area contributed by atoms with Gasteiger partial charge in [-0.2, -0.15) is 4.98 Å². The van der Waals surface area contributed by atoms with Crippen molar-refractivity contribution in [3.05, 3.63) is 82.5 Å². The number of halogens is 1. The first-order chi connectivity index (χ1) is 16.6. The molecule has 5 rings (SSSR count). The van der Waals surface area contributed by atoms with E-state index < -0.39 is 0 Å². The minimum absolute atomic E-state index is 0.104. The van der Waals surface area contributed by atoms with E-state index in [9.17, 15) is 0 Å². The Kier molecular flexibility index (Phi) is 6.97. The summed E-state index contributed by atoms with van der Waals surface area (Å²) in [4.78, 5) is 11.3. The largest absolute Gasteiger partial charge is 0.361 e. The van der Waals surface area contributed by atoms with Gasteiger partial charge in [-0.15, -0.1) is 0 Å². The van der Waals surface area contributed by atoms with Crippen molar-refractivity contribution in [1.29, 1.82) is 0 Å². The monoisotopic (exact) mass is 491 g/mol. The van der Waals surface area contributed by atoms with Crippen LogP contribution < -0.4 is 15.5 Å². The van der Waals surface area contributed by atoms with Crippen molar-refractivity contribution in [3.8, 4) is 0 Å². The molecule has 34 heavy (non-hydrogen) atoms. The molecule has 1 aliphatic carbocycles. The van der Waals surface area contributed by atoms with Crippen molar-refractivity contribution in [2.24, 2.45) is 0 Å². The highest BCUT2D eigenvalue weighted by Crippen LogP contribution is 2.39. The summed E-state index contributed by atoms with van der Waals surface area (Å²) < 4.78 is 0. The molecule has 5 nitrogen and oxygen atoms in total. The summed E-state index contributed by atoms with van der Waals surface area (Å²) in [6.07, 6.45) is 7.12. The van der Waals surface area contributed by atoms with E-state index >= 15 is 0 Å². The van der Waals surface area contributed by atoms with Gasteiger partial charge in [0.15, 0.2) is 5.11 Å². The number of anilines is 2. The molecular formula is C27H30ClN5S. The molecule has 2 N–H and O–H groups in total. The zero-order chi connectivity index (χ0) is 23.4. The average molecular weight is 492 g/mol. The van der Waals surface area contributed by atoms with Gasteiger partial charge in [-0.3, -0.25) is 0 Å². The summed E-state index contributed by atoms with van der Waals surface area (Å²) in [5, 5.41) is 7.56.